The number of furan rings is 1. The standard InChI is InChI=1S/C18H15ClN6O/c1-11-9-16(22-17-10-14(24-25-17)15-3-2-8-26-15)23-18(20-11)21-13-6-4-12(19)5-7-13/h2-10H,1H3,(H3,20,21,22,23,24,25). The largest absolute Gasteiger partial charge is 0.463 e. The molecule has 3 N–H and O–H groups in total. The molecule has 1 aromatic carbocycles. The number of aromatic amines is 1. The molecule has 0 radical (unpaired) electrons. The Bertz CT molecular complexity index is 1010. The molecular formula is C18H15ClN6O. The van der Waals surface area contributed by atoms with Crippen LogP contribution in [-0.2, 0) is 0 Å². The summed E-state index contributed by atoms with van der Waals surface area (Å²) >= 11 is 5.91. The number of nitrogens with one attached hydrogen (secondary N) is 3. The topological polar surface area (TPSA) is 91.7 Å². The Morgan fingerprint density at radius 3 is 2.62 bits per heavy atom. The number of nitrogens with zero attached hydrogens (tertiary/aromatic N) is 3. The molecule has 0 aliphatic carbocycles. The Labute approximate surface area is 154 Å². The van der Waals surface area contributed by atoms with Gasteiger partial charge in [-0.25, -0.2) is 4.98 Å². The number of hydrogen-bond acceptors (Lipinski definition) is 6. The third kappa shape index (κ3) is 3.68. The summed E-state index contributed by atoms with van der Waals surface area (Å²) in [5.74, 6) is 2.46. The molecule has 0 atom stereocenters. The molecule has 26 heavy (non-hydrogen) atoms. The van der Waals surface area contributed by atoms with Crippen molar-refractivity contribution in [3.8, 4) is 11.5 Å². The van der Waals surface area contributed by atoms with Gasteiger partial charge in [-0.05, 0) is 43.3 Å². The van der Waals surface area contributed by atoms with Crippen LogP contribution in [-0.4, -0.2) is 20.2 Å². The van der Waals surface area contributed by atoms with E-state index in [4.69, 9.17) is 16.0 Å². The third-order valence-electron chi connectivity index (χ3n) is 3.58. The van der Waals surface area contributed by atoms with E-state index in [1.165, 1.54) is 0 Å². The predicted octanol–water partition coefficient (Wildman–Crippen LogP) is 4.91. The van der Waals surface area contributed by atoms with Gasteiger partial charge < -0.3 is 15.1 Å². The SMILES string of the molecule is Cc1cc(Nc2cc(-c3ccco3)[nH]n2)nc(Nc2ccc(Cl)cc2)n1. The summed E-state index contributed by atoms with van der Waals surface area (Å²) in [7, 11) is 0. The van der Waals surface area contributed by atoms with Crippen molar-refractivity contribution in [3.05, 3.63) is 65.5 Å². The molecule has 8 heteroatoms. The Morgan fingerprint density at radius 1 is 1.00 bits per heavy atom. The lowest BCUT2D eigenvalue weighted by atomic mass is 10.3. The number of aromatic nitrogens is 4. The highest BCUT2D eigenvalue weighted by Gasteiger charge is 2.08. The van der Waals surface area contributed by atoms with Crippen LogP contribution < -0.4 is 10.6 Å². The zero-order valence-electron chi connectivity index (χ0n) is 13.8. The summed E-state index contributed by atoms with van der Waals surface area (Å²) in [5, 5.41) is 14.2. The molecule has 0 saturated carbocycles. The highest BCUT2D eigenvalue weighted by atomic mass is 35.5. The highest BCUT2D eigenvalue weighted by Crippen LogP contribution is 2.23. The van der Waals surface area contributed by atoms with Gasteiger partial charge in [-0.15, -0.1) is 0 Å². The molecule has 0 amide bonds. The lowest BCUT2D eigenvalue weighted by Crippen LogP contribution is -2.02. The molecule has 3 aromatic heterocycles. The maximum absolute atomic E-state index is 5.91. The van der Waals surface area contributed by atoms with Crippen molar-refractivity contribution in [2.75, 3.05) is 10.6 Å². The first-order valence-corrected chi connectivity index (χ1v) is 8.28. The smallest absolute Gasteiger partial charge is 0.229 e. The van der Waals surface area contributed by atoms with Crippen molar-refractivity contribution in [3.63, 3.8) is 0 Å². The summed E-state index contributed by atoms with van der Waals surface area (Å²) in [6.07, 6.45) is 1.62. The van der Waals surface area contributed by atoms with E-state index in [1.54, 1.807) is 18.4 Å². The van der Waals surface area contributed by atoms with E-state index < -0.39 is 0 Å². The van der Waals surface area contributed by atoms with E-state index in [9.17, 15) is 0 Å². The van der Waals surface area contributed by atoms with Crippen LogP contribution in [0, 0.1) is 6.92 Å². The molecule has 130 valence electrons. The number of halogens is 1. The Balaban J connectivity index is 1.53. The Hall–Kier alpha value is -3.32. The van der Waals surface area contributed by atoms with E-state index in [2.05, 4.69) is 30.8 Å². The molecule has 7 nitrogen and oxygen atoms in total. The Morgan fingerprint density at radius 2 is 1.85 bits per heavy atom. The average Bonchev–Trinajstić information content (AvgIpc) is 3.28. The first kappa shape index (κ1) is 16.2. The second kappa shape index (κ2) is 6.89. The fourth-order valence-corrected chi connectivity index (χ4v) is 2.55. The lowest BCUT2D eigenvalue weighted by molar-refractivity contribution is 0.580. The minimum atomic E-state index is 0.483. The molecule has 0 unspecified atom stereocenters. The number of hydrogen-bond donors (Lipinski definition) is 3. The first-order chi connectivity index (χ1) is 12.7. The van der Waals surface area contributed by atoms with Crippen LogP contribution in [0.3, 0.4) is 0 Å². The van der Waals surface area contributed by atoms with E-state index in [-0.39, 0.29) is 0 Å². The average molecular weight is 367 g/mol. The van der Waals surface area contributed by atoms with Crippen LogP contribution >= 0.6 is 11.6 Å². The first-order valence-electron chi connectivity index (χ1n) is 7.90. The van der Waals surface area contributed by atoms with Gasteiger partial charge in [0.1, 0.15) is 11.5 Å². The zero-order chi connectivity index (χ0) is 17.9. The molecule has 0 bridgehead atoms. The summed E-state index contributed by atoms with van der Waals surface area (Å²) in [6, 6.07) is 14.7. The van der Waals surface area contributed by atoms with Gasteiger partial charge in [0.15, 0.2) is 11.6 Å². The normalized spacial score (nSPS) is 10.7. The third-order valence-corrected chi connectivity index (χ3v) is 3.83. The van der Waals surface area contributed by atoms with Gasteiger partial charge in [0.25, 0.3) is 0 Å². The molecule has 0 fully saturated rings. The fraction of sp³-hybridized carbons (Fsp3) is 0.0556. The second-order valence-corrected chi connectivity index (χ2v) is 6.06. The van der Waals surface area contributed by atoms with Crippen LogP contribution in [0.4, 0.5) is 23.3 Å². The van der Waals surface area contributed by atoms with Crippen LogP contribution in [0.25, 0.3) is 11.5 Å². The van der Waals surface area contributed by atoms with E-state index >= 15 is 0 Å². The number of H-pyrrole nitrogens is 1. The molecule has 0 spiro atoms. The van der Waals surface area contributed by atoms with Gasteiger partial charge in [0.05, 0.1) is 6.26 Å². The maximum Gasteiger partial charge on any atom is 0.229 e. The minimum absolute atomic E-state index is 0.483. The molecule has 4 rings (SSSR count). The number of aryl methyl sites for hydroxylation is 1. The van der Waals surface area contributed by atoms with E-state index in [0.29, 0.717) is 22.6 Å². The molecule has 0 aliphatic rings. The van der Waals surface area contributed by atoms with Crippen LogP contribution in [0.15, 0.2) is 59.2 Å². The van der Waals surface area contributed by atoms with Gasteiger partial charge in [0.2, 0.25) is 5.95 Å². The van der Waals surface area contributed by atoms with Gasteiger partial charge in [-0.3, -0.25) is 5.10 Å². The van der Waals surface area contributed by atoms with Crippen molar-refractivity contribution in [2.45, 2.75) is 6.92 Å². The number of rotatable bonds is 5. The fourth-order valence-electron chi connectivity index (χ4n) is 2.43. The van der Waals surface area contributed by atoms with Crippen molar-refractivity contribution in [1.82, 2.24) is 20.2 Å². The lowest BCUT2D eigenvalue weighted by Gasteiger charge is -2.08. The molecule has 3 heterocycles. The number of anilines is 4. The summed E-state index contributed by atoms with van der Waals surface area (Å²) in [5.41, 5.74) is 2.45. The molecule has 4 aromatic rings. The quantitative estimate of drug-likeness (QED) is 0.465. The van der Waals surface area contributed by atoms with Gasteiger partial charge >= 0.3 is 0 Å². The van der Waals surface area contributed by atoms with Crippen molar-refractivity contribution < 1.29 is 4.42 Å². The number of benzene rings is 1. The molecular weight excluding hydrogens is 352 g/mol. The summed E-state index contributed by atoms with van der Waals surface area (Å²) < 4.78 is 5.35. The van der Waals surface area contributed by atoms with Crippen molar-refractivity contribution in [1.29, 1.82) is 0 Å². The van der Waals surface area contributed by atoms with Crippen LogP contribution in [0.5, 0.6) is 0 Å². The summed E-state index contributed by atoms with van der Waals surface area (Å²) in [6.45, 7) is 1.90. The van der Waals surface area contributed by atoms with Crippen LogP contribution in [0.1, 0.15) is 5.69 Å². The molecule has 0 saturated heterocycles. The van der Waals surface area contributed by atoms with Gasteiger partial charge in [0, 0.05) is 28.5 Å². The van der Waals surface area contributed by atoms with Gasteiger partial charge in [-0.1, -0.05) is 11.6 Å². The monoisotopic (exact) mass is 366 g/mol. The zero-order valence-corrected chi connectivity index (χ0v) is 14.6. The van der Waals surface area contributed by atoms with E-state index in [0.717, 1.165) is 22.8 Å². The maximum atomic E-state index is 5.91. The minimum Gasteiger partial charge on any atom is -0.463 e. The molecule has 0 aliphatic heterocycles. The van der Waals surface area contributed by atoms with E-state index in [1.807, 2.05) is 43.3 Å². The van der Waals surface area contributed by atoms with Crippen molar-refractivity contribution >= 4 is 34.9 Å². The highest BCUT2D eigenvalue weighted by molar-refractivity contribution is 6.30. The summed E-state index contributed by atoms with van der Waals surface area (Å²) in [4.78, 5) is 8.88. The van der Waals surface area contributed by atoms with Crippen LogP contribution in [0.2, 0.25) is 5.02 Å². The van der Waals surface area contributed by atoms with Gasteiger partial charge in [-0.2, -0.15) is 10.1 Å². The Kier molecular flexibility index (Phi) is 4.28. The second-order valence-electron chi connectivity index (χ2n) is 5.62. The predicted molar refractivity (Wildman–Crippen MR) is 101 cm³/mol. The van der Waals surface area contributed by atoms with Crippen molar-refractivity contribution in [2.24, 2.45) is 0 Å².